The normalized spacial score (nSPS) is 11.9. The first-order chi connectivity index (χ1) is 17.7. The van der Waals surface area contributed by atoms with Crippen molar-refractivity contribution in [2.24, 2.45) is 5.73 Å². The SMILES string of the molecule is CN(C)c1cc(-c2nc(CCC(N)C[Si](C)(C)N[SiH3])nc(-c3ccccc3)n2)ccc1C=C(C#N)C#N. The van der Waals surface area contributed by atoms with Gasteiger partial charge in [-0.2, -0.15) is 10.5 Å². The molecule has 0 aliphatic heterocycles. The summed E-state index contributed by atoms with van der Waals surface area (Å²) in [7, 11) is 3.36. The molecule has 0 aliphatic rings. The van der Waals surface area contributed by atoms with Gasteiger partial charge in [-0.15, -0.1) is 0 Å². The highest BCUT2D eigenvalue weighted by molar-refractivity contribution is 6.78. The lowest BCUT2D eigenvalue weighted by Crippen LogP contribution is -2.47. The highest BCUT2D eigenvalue weighted by Gasteiger charge is 2.22. The molecule has 8 nitrogen and oxygen atoms in total. The summed E-state index contributed by atoms with van der Waals surface area (Å²) >= 11 is 0. The quantitative estimate of drug-likeness (QED) is 0.305. The Balaban J connectivity index is 2.03. The van der Waals surface area contributed by atoms with Crippen molar-refractivity contribution in [3.05, 3.63) is 65.5 Å². The van der Waals surface area contributed by atoms with Crippen LogP contribution in [0, 0.1) is 22.7 Å². The lowest BCUT2D eigenvalue weighted by Gasteiger charge is -2.25. The van der Waals surface area contributed by atoms with Crippen molar-refractivity contribution in [3.63, 3.8) is 0 Å². The average molecular weight is 527 g/mol. The molecule has 0 radical (unpaired) electrons. The van der Waals surface area contributed by atoms with E-state index in [-0.39, 0.29) is 11.6 Å². The van der Waals surface area contributed by atoms with Crippen molar-refractivity contribution in [1.82, 2.24) is 19.6 Å². The number of anilines is 1. The van der Waals surface area contributed by atoms with Crippen LogP contribution in [0.3, 0.4) is 0 Å². The van der Waals surface area contributed by atoms with Crippen LogP contribution in [-0.2, 0) is 6.42 Å². The van der Waals surface area contributed by atoms with Crippen LogP contribution in [0.15, 0.2) is 54.1 Å². The predicted octanol–water partition coefficient (Wildman–Crippen LogP) is 3.04. The molecule has 2 aromatic carbocycles. The summed E-state index contributed by atoms with van der Waals surface area (Å²) in [6.45, 7) is 4.62. The van der Waals surface area contributed by atoms with E-state index in [0.717, 1.165) is 45.2 Å². The van der Waals surface area contributed by atoms with Crippen molar-refractivity contribution in [1.29, 1.82) is 10.5 Å². The van der Waals surface area contributed by atoms with Crippen molar-refractivity contribution < 1.29 is 0 Å². The van der Waals surface area contributed by atoms with Gasteiger partial charge in [0.15, 0.2) is 11.6 Å². The van der Waals surface area contributed by atoms with E-state index in [1.54, 1.807) is 6.08 Å². The zero-order chi connectivity index (χ0) is 27.0. The molecule has 1 atom stereocenters. The molecule has 0 fully saturated rings. The Hall–Kier alpha value is -3.68. The highest BCUT2D eigenvalue weighted by atomic mass is 28.4. The number of nitrogens with two attached hydrogens (primary N) is 1. The van der Waals surface area contributed by atoms with Crippen LogP contribution in [0.25, 0.3) is 28.9 Å². The van der Waals surface area contributed by atoms with Gasteiger partial charge in [-0.25, -0.2) is 15.0 Å². The Morgan fingerprint density at radius 1 is 1.05 bits per heavy atom. The number of aromatic nitrogens is 3. The maximum absolute atomic E-state index is 9.19. The van der Waals surface area contributed by atoms with Crippen molar-refractivity contribution in [2.45, 2.75) is 38.0 Å². The standard InChI is InChI=1S/C27H34N8Si2/c1-35(2)24-15-22(11-10-21(24)14-19(16-28)17-29)27-32-25(13-12-23(30)18-37(3,4)34-36)31-26(33-27)20-8-6-5-7-9-20/h5-11,14-15,23,34H,12-13,18,30H2,1-4,36H3. The van der Waals surface area contributed by atoms with Gasteiger partial charge in [0.05, 0.1) is 10.4 Å². The molecule has 1 heterocycles. The van der Waals surface area contributed by atoms with Gasteiger partial charge in [0.25, 0.3) is 0 Å². The summed E-state index contributed by atoms with van der Waals surface area (Å²) in [6, 6.07) is 20.6. The predicted molar refractivity (Wildman–Crippen MR) is 156 cm³/mol. The molecule has 10 heteroatoms. The van der Waals surface area contributed by atoms with E-state index < -0.39 is 8.24 Å². The molecule has 0 saturated carbocycles. The van der Waals surface area contributed by atoms with E-state index in [1.165, 1.54) is 0 Å². The third-order valence-electron chi connectivity index (χ3n) is 6.21. The molecule has 0 bridgehead atoms. The molecular formula is C27H34N8Si2. The highest BCUT2D eigenvalue weighted by Crippen LogP contribution is 2.28. The van der Waals surface area contributed by atoms with Gasteiger partial charge >= 0.3 is 0 Å². The van der Waals surface area contributed by atoms with Crippen LogP contribution in [0.2, 0.25) is 19.1 Å². The van der Waals surface area contributed by atoms with Crippen LogP contribution in [0.4, 0.5) is 5.69 Å². The second-order valence-corrected chi connectivity index (χ2v) is 16.0. The van der Waals surface area contributed by atoms with Gasteiger partial charge in [-0.3, -0.25) is 0 Å². The van der Waals surface area contributed by atoms with E-state index in [1.807, 2.05) is 79.7 Å². The first-order valence-corrected chi connectivity index (χ1v) is 16.4. The van der Waals surface area contributed by atoms with E-state index in [9.17, 15) is 10.5 Å². The third kappa shape index (κ3) is 7.65. The molecular weight excluding hydrogens is 493 g/mol. The van der Waals surface area contributed by atoms with Crippen LogP contribution < -0.4 is 15.3 Å². The number of benzene rings is 2. The third-order valence-corrected chi connectivity index (χ3v) is 13.2. The van der Waals surface area contributed by atoms with Crippen molar-refractivity contribution in [3.8, 4) is 34.9 Å². The molecule has 1 unspecified atom stereocenters. The summed E-state index contributed by atoms with van der Waals surface area (Å²) in [5, 5.41) is 18.4. The number of nitriles is 2. The molecule has 190 valence electrons. The summed E-state index contributed by atoms with van der Waals surface area (Å²) < 4.78 is 3.58. The minimum absolute atomic E-state index is 0.0489. The van der Waals surface area contributed by atoms with Gasteiger partial charge in [-0.05, 0) is 30.2 Å². The lowest BCUT2D eigenvalue weighted by atomic mass is 10.0. The molecule has 0 amide bonds. The maximum atomic E-state index is 9.19. The Labute approximate surface area is 223 Å². The van der Waals surface area contributed by atoms with E-state index in [0.29, 0.717) is 23.9 Å². The Bertz CT molecular complexity index is 1320. The summed E-state index contributed by atoms with van der Waals surface area (Å²) in [5.41, 5.74) is 9.92. The van der Waals surface area contributed by atoms with E-state index >= 15 is 0 Å². The molecule has 37 heavy (non-hydrogen) atoms. The van der Waals surface area contributed by atoms with Gasteiger partial charge in [0.1, 0.15) is 31.8 Å². The molecule has 3 N–H and O–H groups in total. The first-order valence-electron chi connectivity index (χ1n) is 12.2. The topological polar surface area (TPSA) is 128 Å². The summed E-state index contributed by atoms with van der Waals surface area (Å²) in [6.07, 6.45) is 3.06. The fourth-order valence-corrected chi connectivity index (χ4v) is 6.32. The van der Waals surface area contributed by atoms with Crippen LogP contribution in [-0.4, -0.2) is 53.7 Å². The number of hydrogen-bond acceptors (Lipinski definition) is 8. The van der Waals surface area contributed by atoms with Crippen LogP contribution >= 0.6 is 0 Å². The average Bonchev–Trinajstić information content (AvgIpc) is 2.90. The second-order valence-electron chi connectivity index (χ2n) is 9.85. The molecule has 0 aliphatic carbocycles. The van der Waals surface area contributed by atoms with Crippen molar-refractivity contribution in [2.75, 3.05) is 19.0 Å². The van der Waals surface area contributed by atoms with E-state index in [2.05, 4.69) is 17.7 Å². The number of aryl methyl sites for hydroxylation is 1. The zero-order valence-corrected chi connectivity index (χ0v) is 25.2. The largest absolute Gasteiger partial charge is 0.377 e. The smallest absolute Gasteiger partial charge is 0.163 e. The summed E-state index contributed by atoms with van der Waals surface area (Å²) in [4.78, 5) is 16.4. The monoisotopic (exact) mass is 526 g/mol. The number of rotatable bonds is 10. The Morgan fingerprint density at radius 2 is 1.70 bits per heavy atom. The molecule has 0 spiro atoms. The zero-order valence-electron chi connectivity index (χ0n) is 22.2. The number of allylic oxidation sites excluding steroid dienone is 1. The first kappa shape index (κ1) is 27.9. The molecule has 3 rings (SSSR count). The fourth-order valence-electron chi connectivity index (χ4n) is 3.99. The molecule has 3 aromatic rings. The van der Waals surface area contributed by atoms with Gasteiger partial charge in [0, 0.05) is 43.4 Å². The number of hydrogen-bond donors (Lipinski definition) is 2. The van der Waals surface area contributed by atoms with Gasteiger partial charge in [-0.1, -0.05) is 55.6 Å². The number of nitrogens with zero attached hydrogens (tertiary/aromatic N) is 6. The van der Waals surface area contributed by atoms with E-state index in [4.69, 9.17) is 20.7 Å². The van der Waals surface area contributed by atoms with Crippen molar-refractivity contribution >= 4 is 30.4 Å². The summed E-state index contributed by atoms with van der Waals surface area (Å²) in [5.74, 6) is 1.91. The Morgan fingerprint density at radius 3 is 2.30 bits per heavy atom. The molecule has 0 saturated heterocycles. The Kier molecular flexibility index (Phi) is 9.44. The fraction of sp³-hybridized carbons (Fsp3) is 0.296. The van der Waals surface area contributed by atoms with Crippen LogP contribution in [0.1, 0.15) is 17.8 Å². The van der Waals surface area contributed by atoms with Gasteiger partial charge in [0.2, 0.25) is 0 Å². The lowest BCUT2D eigenvalue weighted by molar-refractivity contribution is 0.637. The maximum Gasteiger partial charge on any atom is 0.163 e. The van der Waals surface area contributed by atoms with Gasteiger partial charge < -0.3 is 15.3 Å². The second kappa shape index (κ2) is 12.5. The minimum Gasteiger partial charge on any atom is -0.377 e. The minimum atomic E-state index is -1.46. The number of nitrogens with one attached hydrogen (secondary N) is 1. The molecule has 1 aromatic heterocycles. The van der Waals surface area contributed by atoms with Crippen LogP contribution in [0.5, 0.6) is 0 Å².